The molecule has 20 heavy (non-hydrogen) atoms. The molecule has 0 spiro atoms. The molecule has 1 saturated heterocycles. The van der Waals surface area contributed by atoms with E-state index >= 15 is 0 Å². The molecule has 1 aliphatic rings. The fourth-order valence-electron chi connectivity index (χ4n) is 2.35. The Morgan fingerprint density at radius 3 is 2.55 bits per heavy atom. The summed E-state index contributed by atoms with van der Waals surface area (Å²) in [7, 11) is 2.19. The van der Waals surface area contributed by atoms with Crippen molar-refractivity contribution >= 4 is 5.82 Å². The van der Waals surface area contributed by atoms with Gasteiger partial charge in [-0.3, -0.25) is 4.90 Å². The third-order valence-corrected chi connectivity index (χ3v) is 3.72. The molecule has 1 aliphatic heterocycles. The fraction of sp³-hybridized carbons (Fsp3) is 0.733. The maximum absolute atomic E-state index is 4.58. The van der Waals surface area contributed by atoms with Crippen molar-refractivity contribution in [3.05, 3.63) is 17.6 Å². The molecule has 1 aromatic rings. The number of nitrogens with zero attached hydrogens (tertiary/aromatic N) is 4. The Morgan fingerprint density at radius 2 is 1.90 bits per heavy atom. The highest BCUT2D eigenvalue weighted by Gasteiger charge is 2.13. The first-order chi connectivity index (χ1) is 9.54. The van der Waals surface area contributed by atoms with Crippen LogP contribution in [0.2, 0.25) is 0 Å². The summed E-state index contributed by atoms with van der Waals surface area (Å²) in [5.74, 6) is 2.25. The minimum absolute atomic E-state index is 0.369. The first-order valence-electron chi connectivity index (χ1n) is 7.55. The van der Waals surface area contributed by atoms with Crippen molar-refractivity contribution in [2.45, 2.75) is 26.7 Å². The second kappa shape index (κ2) is 6.99. The van der Waals surface area contributed by atoms with Gasteiger partial charge < -0.3 is 10.2 Å². The average molecular weight is 277 g/mol. The van der Waals surface area contributed by atoms with E-state index in [4.69, 9.17) is 0 Å². The number of hydrogen-bond acceptors (Lipinski definition) is 5. The SMILES string of the molecule is Cc1cc(NCCN2CCN(C)CC2)nc(C(C)C)n1. The van der Waals surface area contributed by atoms with Crippen LogP contribution in [0.5, 0.6) is 0 Å². The number of nitrogens with one attached hydrogen (secondary N) is 1. The Hall–Kier alpha value is -1.20. The molecule has 0 amide bonds. The normalized spacial score (nSPS) is 17.6. The molecule has 5 heteroatoms. The fourth-order valence-corrected chi connectivity index (χ4v) is 2.35. The molecule has 5 nitrogen and oxygen atoms in total. The Labute approximate surface area is 122 Å². The number of aromatic nitrogens is 2. The van der Waals surface area contributed by atoms with E-state index in [0.717, 1.165) is 43.5 Å². The van der Waals surface area contributed by atoms with Crippen LogP contribution in [-0.4, -0.2) is 66.1 Å². The van der Waals surface area contributed by atoms with Crippen LogP contribution in [0.1, 0.15) is 31.3 Å². The van der Waals surface area contributed by atoms with Crippen LogP contribution in [0.15, 0.2) is 6.07 Å². The highest BCUT2D eigenvalue weighted by molar-refractivity contribution is 5.36. The van der Waals surface area contributed by atoms with E-state index in [1.165, 1.54) is 13.1 Å². The van der Waals surface area contributed by atoms with Gasteiger partial charge in [-0.05, 0) is 14.0 Å². The number of likely N-dealkylation sites (N-methyl/N-ethyl adjacent to an activating group) is 1. The Morgan fingerprint density at radius 1 is 1.20 bits per heavy atom. The Kier molecular flexibility index (Phi) is 5.31. The zero-order valence-corrected chi connectivity index (χ0v) is 13.2. The van der Waals surface area contributed by atoms with Crippen LogP contribution in [0.3, 0.4) is 0 Å². The van der Waals surface area contributed by atoms with Gasteiger partial charge >= 0.3 is 0 Å². The molecule has 112 valence electrons. The second-order valence-corrected chi connectivity index (χ2v) is 5.98. The maximum Gasteiger partial charge on any atom is 0.133 e. The van der Waals surface area contributed by atoms with Gasteiger partial charge in [0.15, 0.2) is 0 Å². The number of hydrogen-bond donors (Lipinski definition) is 1. The van der Waals surface area contributed by atoms with Gasteiger partial charge in [-0.1, -0.05) is 13.8 Å². The summed E-state index contributed by atoms with van der Waals surface area (Å²) >= 11 is 0. The van der Waals surface area contributed by atoms with Gasteiger partial charge in [0.05, 0.1) is 0 Å². The van der Waals surface area contributed by atoms with E-state index in [1.54, 1.807) is 0 Å². The molecule has 0 aromatic carbocycles. The highest BCUT2D eigenvalue weighted by Crippen LogP contribution is 2.13. The summed E-state index contributed by atoms with van der Waals surface area (Å²) in [5.41, 5.74) is 1.03. The minimum atomic E-state index is 0.369. The van der Waals surface area contributed by atoms with E-state index in [-0.39, 0.29) is 0 Å². The number of rotatable bonds is 5. The zero-order valence-electron chi connectivity index (χ0n) is 13.2. The molecule has 2 rings (SSSR count). The summed E-state index contributed by atoms with van der Waals surface area (Å²) in [6, 6.07) is 2.02. The van der Waals surface area contributed by atoms with Crippen LogP contribution in [0.25, 0.3) is 0 Å². The molecule has 0 bridgehead atoms. The van der Waals surface area contributed by atoms with Crippen LogP contribution in [0.4, 0.5) is 5.82 Å². The number of anilines is 1. The maximum atomic E-state index is 4.58. The van der Waals surface area contributed by atoms with Gasteiger partial charge in [-0.2, -0.15) is 0 Å². The van der Waals surface area contributed by atoms with Crippen LogP contribution >= 0.6 is 0 Å². The summed E-state index contributed by atoms with van der Waals surface area (Å²) < 4.78 is 0. The van der Waals surface area contributed by atoms with Crippen LogP contribution < -0.4 is 5.32 Å². The van der Waals surface area contributed by atoms with Gasteiger partial charge in [-0.15, -0.1) is 0 Å². The van der Waals surface area contributed by atoms with Crippen LogP contribution in [0, 0.1) is 6.92 Å². The predicted molar refractivity (Wildman–Crippen MR) is 83.3 cm³/mol. The number of piperazine rings is 1. The van der Waals surface area contributed by atoms with E-state index in [2.05, 4.69) is 46.0 Å². The number of aryl methyl sites for hydroxylation is 1. The summed E-state index contributed by atoms with van der Waals surface area (Å²) in [4.78, 5) is 13.9. The quantitative estimate of drug-likeness (QED) is 0.885. The molecule has 0 unspecified atom stereocenters. The third-order valence-electron chi connectivity index (χ3n) is 3.72. The van der Waals surface area contributed by atoms with Gasteiger partial charge in [0, 0.05) is 56.9 Å². The van der Waals surface area contributed by atoms with E-state index in [9.17, 15) is 0 Å². The van der Waals surface area contributed by atoms with E-state index in [0.29, 0.717) is 5.92 Å². The Bertz CT molecular complexity index is 424. The van der Waals surface area contributed by atoms with Gasteiger partial charge in [-0.25, -0.2) is 9.97 Å². The van der Waals surface area contributed by atoms with Gasteiger partial charge in [0.25, 0.3) is 0 Å². The van der Waals surface area contributed by atoms with E-state index in [1.807, 2.05) is 13.0 Å². The first kappa shape index (κ1) is 15.2. The van der Waals surface area contributed by atoms with Crippen molar-refractivity contribution in [2.24, 2.45) is 0 Å². The highest BCUT2D eigenvalue weighted by atomic mass is 15.2. The van der Waals surface area contributed by atoms with Crippen molar-refractivity contribution in [3.63, 3.8) is 0 Å². The van der Waals surface area contributed by atoms with Gasteiger partial charge in [0.2, 0.25) is 0 Å². The van der Waals surface area contributed by atoms with Crippen molar-refractivity contribution in [1.82, 2.24) is 19.8 Å². The third kappa shape index (κ3) is 4.42. The standard InChI is InChI=1S/C15H27N5/c1-12(2)15-17-13(3)11-14(18-15)16-5-6-20-9-7-19(4)8-10-20/h11-12H,5-10H2,1-4H3,(H,16,17,18). The van der Waals surface area contributed by atoms with E-state index < -0.39 is 0 Å². The molecule has 2 heterocycles. The van der Waals surface area contributed by atoms with Crippen molar-refractivity contribution in [2.75, 3.05) is 51.6 Å². The molecule has 0 aliphatic carbocycles. The first-order valence-corrected chi connectivity index (χ1v) is 7.55. The lowest BCUT2D eigenvalue weighted by atomic mass is 10.2. The van der Waals surface area contributed by atoms with Crippen molar-refractivity contribution < 1.29 is 0 Å². The van der Waals surface area contributed by atoms with Gasteiger partial charge in [0.1, 0.15) is 11.6 Å². The summed E-state index contributed by atoms with van der Waals surface area (Å²) in [6.45, 7) is 13.0. The molecule has 0 atom stereocenters. The molecule has 1 N–H and O–H groups in total. The average Bonchev–Trinajstić information content (AvgIpc) is 2.40. The molecule has 1 fully saturated rings. The lowest BCUT2D eigenvalue weighted by Crippen LogP contribution is -2.45. The zero-order chi connectivity index (χ0) is 14.5. The predicted octanol–water partition coefficient (Wildman–Crippen LogP) is 1.57. The Balaban J connectivity index is 1.82. The molecular formula is C15H27N5. The summed E-state index contributed by atoms with van der Waals surface area (Å²) in [5, 5.41) is 3.43. The lowest BCUT2D eigenvalue weighted by molar-refractivity contribution is 0.158. The minimum Gasteiger partial charge on any atom is -0.369 e. The molecule has 0 saturated carbocycles. The largest absolute Gasteiger partial charge is 0.369 e. The lowest BCUT2D eigenvalue weighted by Gasteiger charge is -2.32. The molecular weight excluding hydrogens is 250 g/mol. The molecule has 0 radical (unpaired) electrons. The monoisotopic (exact) mass is 277 g/mol. The second-order valence-electron chi connectivity index (χ2n) is 5.98. The topological polar surface area (TPSA) is 44.3 Å². The smallest absolute Gasteiger partial charge is 0.133 e. The molecule has 1 aromatic heterocycles. The van der Waals surface area contributed by atoms with Crippen LogP contribution in [-0.2, 0) is 0 Å². The van der Waals surface area contributed by atoms with Crippen molar-refractivity contribution in [3.8, 4) is 0 Å². The summed E-state index contributed by atoms with van der Waals surface area (Å²) in [6.07, 6.45) is 0. The van der Waals surface area contributed by atoms with Crippen molar-refractivity contribution in [1.29, 1.82) is 0 Å².